The van der Waals surface area contributed by atoms with Crippen LogP contribution < -0.4 is 15.4 Å². The van der Waals surface area contributed by atoms with E-state index in [4.69, 9.17) is 16.3 Å². The summed E-state index contributed by atoms with van der Waals surface area (Å²) < 4.78 is 5.85. The van der Waals surface area contributed by atoms with Gasteiger partial charge in [-0.15, -0.1) is 0 Å². The standard InChI is InChI=1S/C32H30ClN3O4/c1-3-14-40-21-9-6-8-19(16-21)28(37)26-25-12-7-13-36(25)32(23-17-20(33)15-18(2)27(23)35-30(32)39)31(26)22-10-4-5-11-24(22)34-29(31)38/h4-6,8-11,15-17,25-26H,3,7,12-14H2,1-2H3,(H,34,38)(H,35,39)/t25-,26-,31+,32+/m1/s1. The molecule has 3 aromatic carbocycles. The summed E-state index contributed by atoms with van der Waals surface area (Å²) in [6, 6.07) is 18.0. The van der Waals surface area contributed by atoms with E-state index < -0.39 is 16.9 Å². The lowest BCUT2D eigenvalue weighted by Crippen LogP contribution is -2.62. The number of amides is 2. The summed E-state index contributed by atoms with van der Waals surface area (Å²) in [7, 11) is 0. The molecule has 7 rings (SSSR count). The summed E-state index contributed by atoms with van der Waals surface area (Å²) in [5, 5.41) is 6.68. The van der Waals surface area contributed by atoms with E-state index in [0.717, 1.165) is 18.4 Å². The predicted octanol–water partition coefficient (Wildman–Crippen LogP) is 5.45. The molecule has 4 aliphatic heterocycles. The number of nitrogens with one attached hydrogen (secondary N) is 2. The molecule has 2 saturated heterocycles. The molecule has 8 heteroatoms. The Bertz CT molecular complexity index is 1600. The van der Waals surface area contributed by atoms with Gasteiger partial charge in [-0.25, -0.2) is 0 Å². The Kier molecular flexibility index (Phi) is 5.64. The number of anilines is 2. The van der Waals surface area contributed by atoms with E-state index in [1.165, 1.54) is 0 Å². The van der Waals surface area contributed by atoms with Crippen molar-refractivity contribution in [3.05, 3.63) is 87.9 Å². The second-order valence-electron chi connectivity index (χ2n) is 11.2. The minimum absolute atomic E-state index is 0.164. The fourth-order valence-corrected chi connectivity index (χ4v) is 8.22. The number of para-hydroxylation sites is 1. The topological polar surface area (TPSA) is 87.7 Å². The van der Waals surface area contributed by atoms with Gasteiger partial charge in [-0.1, -0.05) is 48.9 Å². The van der Waals surface area contributed by atoms with Gasteiger partial charge in [0.05, 0.1) is 12.5 Å². The van der Waals surface area contributed by atoms with Gasteiger partial charge in [-0.2, -0.15) is 0 Å². The van der Waals surface area contributed by atoms with Crippen LogP contribution in [0.3, 0.4) is 0 Å². The number of ketones is 1. The molecule has 0 unspecified atom stereocenters. The van der Waals surface area contributed by atoms with Gasteiger partial charge < -0.3 is 15.4 Å². The third-order valence-corrected chi connectivity index (χ3v) is 9.46. The van der Waals surface area contributed by atoms with E-state index >= 15 is 0 Å². The summed E-state index contributed by atoms with van der Waals surface area (Å²) in [5.74, 6) is -0.985. The zero-order valence-corrected chi connectivity index (χ0v) is 23.2. The Morgan fingerprint density at radius 2 is 1.88 bits per heavy atom. The van der Waals surface area contributed by atoms with Crippen LogP contribution in [0, 0.1) is 12.8 Å². The fraction of sp³-hybridized carbons (Fsp3) is 0.344. The highest BCUT2D eigenvalue weighted by atomic mass is 35.5. The minimum Gasteiger partial charge on any atom is -0.494 e. The first kappa shape index (κ1) is 25.3. The van der Waals surface area contributed by atoms with E-state index in [9.17, 15) is 14.4 Å². The van der Waals surface area contributed by atoms with Crippen LogP contribution in [0.25, 0.3) is 0 Å². The lowest BCUT2D eigenvalue weighted by molar-refractivity contribution is -0.137. The van der Waals surface area contributed by atoms with Crippen LogP contribution in [0.15, 0.2) is 60.7 Å². The van der Waals surface area contributed by atoms with Gasteiger partial charge in [0, 0.05) is 33.6 Å². The molecule has 3 aromatic rings. The zero-order chi connectivity index (χ0) is 27.8. The molecule has 2 N–H and O–H groups in total. The molecule has 0 aliphatic carbocycles. The van der Waals surface area contributed by atoms with Crippen molar-refractivity contribution in [3.8, 4) is 5.75 Å². The van der Waals surface area contributed by atoms with E-state index in [-0.39, 0.29) is 23.6 Å². The van der Waals surface area contributed by atoms with Gasteiger partial charge in [0.2, 0.25) is 5.91 Å². The van der Waals surface area contributed by atoms with Crippen molar-refractivity contribution < 1.29 is 19.1 Å². The molecule has 7 nitrogen and oxygen atoms in total. The number of halogens is 1. The summed E-state index contributed by atoms with van der Waals surface area (Å²) in [6.07, 6.45) is 2.36. The number of carbonyl (C=O) groups is 3. The third kappa shape index (κ3) is 3.02. The molecule has 204 valence electrons. The van der Waals surface area contributed by atoms with Crippen LogP contribution in [-0.2, 0) is 20.5 Å². The summed E-state index contributed by atoms with van der Waals surface area (Å²) in [6.45, 7) is 5.06. The van der Waals surface area contributed by atoms with Crippen molar-refractivity contribution in [2.75, 3.05) is 23.8 Å². The maximum Gasteiger partial charge on any atom is 0.251 e. The number of ether oxygens (including phenoxy) is 1. The van der Waals surface area contributed by atoms with Gasteiger partial charge in [0.1, 0.15) is 16.7 Å². The van der Waals surface area contributed by atoms with Crippen LogP contribution in [0.4, 0.5) is 11.4 Å². The predicted molar refractivity (Wildman–Crippen MR) is 153 cm³/mol. The minimum atomic E-state index is -1.50. The van der Waals surface area contributed by atoms with Crippen LogP contribution in [0.2, 0.25) is 5.02 Å². The highest BCUT2D eigenvalue weighted by Crippen LogP contribution is 2.68. The molecule has 2 fully saturated rings. The van der Waals surface area contributed by atoms with Crippen LogP contribution in [0.1, 0.15) is 53.2 Å². The van der Waals surface area contributed by atoms with Crippen molar-refractivity contribution in [2.24, 2.45) is 5.92 Å². The Balaban J connectivity index is 1.53. The van der Waals surface area contributed by atoms with Crippen LogP contribution in [0.5, 0.6) is 5.75 Å². The molecule has 0 radical (unpaired) electrons. The Morgan fingerprint density at radius 3 is 2.70 bits per heavy atom. The maximum absolute atomic E-state index is 14.8. The number of hydrogen-bond acceptors (Lipinski definition) is 5. The Hall–Kier alpha value is -3.68. The first-order valence-electron chi connectivity index (χ1n) is 13.9. The molecule has 2 amide bonds. The molecule has 2 spiro atoms. The van der Waals surface area contributed by atoms with Crippen LogP contribution in [-0.4, -0.2) is 41.7 Å². The fourth-order valence-electron chi connectivity index (χ4n) is 7.95. The van der Waals surface area contributed by atoms with Crippen molar-refractivity contribution in [2.45, 2.75) is 50.1 Å². The SMILES string of the molecule is CCCOc1cccc(C(=O)[C@H]2[C@H]3CCCN3[C@@]3(C(=O)Nc4c(C)cc(Cl)cc43)[C@]23C(=O)Nc2ccccc23)c1. The molecule has 0 bridgehead atoms. The number of Topliss-reactive ketones (excluding diaryl/α,β-unsaturated/α-hetero) is 1. The summed E-state index contributed by atoms with van der Waals surface area (Å²) in [5.41, 5.74) is 0.986. The van der Waals surface area contributed by atoms with Gasteiger partial charge in [0.15, 0.2) is 5.78 Å². The molecular weight excluding hydrogens is 526 g/mol. The quantitative estimate of drug-likeness (QED) is 0.409. The number of benzene rings is 3. The van der Waals surface area contributed by atoms with E-state index in [1.54, 1.807) is 18.2 Å². The molecule has 4 aliphatic rings. The first-order valence-corrected chi connectivity index (χ1v) is 14.3. The average Bonchev–Trinajstić information content (AvgIpc) is 3.66. The molecule has 0 saturated carbocycles. The number of aryl methyl sites for hydroxylation is 1. The van der Waals surface area contributed by atoms with Crippen molar-refractivity contribution in [1.29, 1.82) is 0 Å². The normalized spacial score (nSPS) is 28.0. The summed E-state index contributed by atoms with van der Waals surface area (Å²) >= 11 is 6.63. The largest absolute Gasteiger partial charge is 0.494 e. The van der Waals surface area contributed by atoms with Crippen molar-refractivity contribution in [1.82, 2.24) is 4.90 Å². The van der Waals surface area contributed by atoms with E-state index in [0.29, 0.717) is 58.4 Å². The first-order chi connectivity index (χ1) is 19.3. The second kappa shape index (κ2) is 8.91. The number of hydrogen-bond donors (Lipinski definition) is 2. The highest BCUT2D eigenvalue weighted by molar-refractivity contribution is 6.31. The zero-order valence-electron chi connectivity index (χ0n) is 22.4. The lowest BCUT2D eigenvalue weighted by atomic mass is 9.57. The molecule has 40 heavy (non-hydrogen) atoms. The van der Waals surface area contributed by atoms with E-state index in [1.807, 2.05) is 56.3 Å². The van der Waals surface area contributed by atoms with Gasteiger partial charge in [-0.3, -0.25) is 19.3 Å². The lowest BCUT2D eigenvalue weighted by Gasteiger charge is -2.43. The van der Waals surface area contributed by atoms with Gasteiger partial charge >= 0.3 is 0 Å². The monoisotopic (exact) mass is 555 g/mol. The highest BCUT2D eigenvalue weighted by Gasteiger charge is 2.81. The molecule has 4 heterocycles. The smallest absolute Gasteiger partial charge is 0.251 e. The van der Waals surface area contributed by atoms with Crippen molar-refractivity contribution >= 4 is 40.6 Å². The second-order valence-corrected chi connectivity index (χ2v) is 11.7. The number of fused-ring (bicyclic) bond motifs is 7. The Morgan fingerprint density at radius 1 is 1.05 bits per heavy atom. The number of carbonyl (C=O) groups excluding carboxylic acids is 3. The Labute approximate surface area is 237 Å². The maximum atomic E-state index is 14.8. The summed E-state index contributed by atoms with van der Waals surface area (Å²) in [4.78, 5) is 46.1. The van der Waals surface area contributed by atoms with Gasteiger partial charge in [-0.05, 0) is 74.2 Å². The number of rotatable bonds is 5. The molecule has 4 atom stereocenters. The molecule has 0 aromatic heterocycles. The number of nitrogens with zero attached hydrogens (tertiary/aromatic N) is 1. The van der Waals surface area contributed by atoms with E-state index in [2.05, 4.69) is 15.5 Å². The van der Waals surface area contributed by atoms with Crippen LogP contribution >= 0.6 is 11.6 Å². The van der Waals surface area contributed by atoms with Crippen molar-refractivity contribution in [3.63, 3.8) is 0 Å². The third-order valence-electron chi connectivity index (χ3n) is 9.24. The van der Waals surface area contributed by atoms with Gasteiger partial charge in [0.25, 0.3) is 5.91 Å². The average molecular weight is 556 g/mol. The molecular formula is C32H30ClN3O4.